The molecule has 1 aromatic rings. The number of fused-ring (bicyclic) bond motifs is 1. The lowest BCUT2D eigenvalue weighted by molar-refractivity contribution is -0.143. The highest BCUT2D eigenvalue weighted by Crippen LogP contribution is 2.26. The van der Waals surface area contributed by atoms with E-state index in [9.17, 15) is 9.59 Å². The average molecular weight is 307 g/mol. The lowest BCUT2D eigenvalue weighted by atomic mass is 10.2. The number of amides is 1. The Hall–Kier alpha value is -2.31. The Labute approximate surface area is 129 Å². The monoisotopic (exact) mass is 307 g/mol. The van der Waals surface area contributed by atoms with Crippen molar-refractivity contribution in [2.75, 3.05) is 17.2 Å². The van der Waals surface area contributed by atoms with Crippen molar-refractivity contribution in [2.45, 2.75) is 45.8 Å². The fourth-order valence-corrected chi connectivity index (χ4v) is 2.08. The van der Waals surface area contributed by atoms with Crippen LogP contribution in [0.4, 0.5) is 16.3 Å². The first kappa shape index (κ1) is 16.1. The second-order valence-electron chi connectivity index (χ2n) is 5.97. The molecule has 0 fully saturated rings. The molecule has 0 saturated carbocycles. The van der Waals surface area contributed by atoms with Gasteiger partial charge in [0.15, 0.2) is 0 Å². The first-order valence-corrected chi connectivity index (χ1v) is 7.21. The van der Waals surface area contributed by atoms with E-state index in [0.29, 0.717) is 24.5 Å². The highest BCUT2D eigenvalue weighted by molar-refractivity contribution is 5.85. The zero-order valence-corrected chi connectivity index (χ0v) is 13.2. The molecule has 7 nitrogen and oxygen atoms in total. The molecule has 0 aromatic carbocycles. The molecule has 0 aliphatic carbocycles. The lowest BCUT2D eigenvalue weighted by Gasteiger charge is -2.19. The van der Waals surface area contributed by atoms with Gasteiger partial charge in [0, 0.05) is 6.42 Å². The van der Waals surface area contributed by atoms with Crippen LogP contribution in [0.3, 0.4) is 0 Å². The molecule has 7 heteroatoms. The molecule has 1 unspecified atom stereocenters. The minimum Gasteiger partial charge on any atom is -0.464 e. The van der Waals surface area contributed by atoms with Gasteiger partial charge in [-0.2, -0.15) is 0 Å². The predicted molar refractivity (Wildman–Crippen MR) is 81.8 cm³/mol. The molecule has 1 aliphatic heterocycles. The summed E-state index contributed by atoms with van der Waals surface area (Å²) >= 11 is 0. The van der Waals surface area contributed by atoms with Gasteiger partial charge < -0.3 is 14.8 Å². The Balaban J connectivity index is 2.01. The third-order valence-corrected chi connectivity index (χ3v) is 2.90. The van der Waals surface area contributed by atoms with Crippen LogP contribution >= 0.6 is 0 Å². The molecule has 0 saturated heterocycles. The number of nitrogens with one attached hydrogen (secondary N) is 2. The maximum atomic E-state index is 11.7. The summed E-state index contributed by atoms with van der Waals surface area (Å²) in [4.78, 5) is 27.8. The normalized spacial score (nSPS) is 16.5. The molecular formula is C15H21N3O4. The van der Waals surface area contributed by atoms with Gasteiger partial charge in [0.1, 0.15) is 17.5 Å². The van der Waals surface area contributed by atoms with Crippen LogP contribution < -0.4 is 10.6 Å². The summed E-state index contributed by atoms with van der Waals surface area (Å²) in [5, 5.41) is 5.64. The van der Waals surface area contributed by atoms with Gasteiger partial charge >= 0.3 is 12.1 Å². The van der Waals surface area contributed by atoms with E-state index in [1.54, 1.807) is 39.8 Å². The van der Waals surface area contributed by atoms with E-state index in [-0.39, 0.29) is 5.97 Å². The van der Waals surface area contributed by atoms with Crippen molar-refractivity contribution < 1.29 is 19.1 Å². The maximum Gasteiger partial charge on any atom is 0.413 e. The van der Waals surface area contributed by atoms with Crippen LogP contribution in [0, 0.1) is 0 Å². The van der Waals surface area contributed by atoms with Crippen LogP contribution in [0.2, 0.25) is 0 Å². The molecule has 2 heterocycles. The Kier molecular flexibility index (Phi) is 4.54. The zero-order chi connectivity index (χ0) is 16.3. The number of pyridine rings is 1. The Morgan fingerprint density at radius 3 is 2.77 bits per heavy atom. The molecule has 2 rings (SSSR count). The van der Waals surface area contributed by atoms with E-state index in [2.05, 4.69) is 15.6 Å². The number of hydrogen-bond donors (Lipinski definition) is 2. The third-order valence-electron chi connectivity index (χ3n) is 2.90. The van der Waals surface area contributed by atoms with Crippen LogP contribution in [0.15, 0.2) is 12.1 Å². The number of ether oxygens (including phenoxy) is 2. The number of aromatic nitrogens is 1. The summed E-state index contributed by atoms with van der Waals surface area (Å²) in [5.74, 6) is 0.0847. The second-order valence-corrected chi connectivity index (χ2v) is 5.97. The molecule has 1 atom stereocenters. The average Bonchev–Trinajstić information content (AvgIpc) is 2.79. The largest absolute Gasteiger partial charge is 0.464 e. The van der Waals surface area contributed by atoms with Gasteiger partial charge in [-0.05, 0) is 39.8 Å². The molecule has 2 N–H and O–H groups in total. The van der Waals surface area contributed by atoms with E-state index < -0.39 is 17.7 Å². The summed E-state index contributed by atoms with van der Waals surface area (Å²) in [5.41, 5.74) is 0.914. The predicted octanol–water partition coefficient (Wildman–Crippen LogP) is 2.33. The van der Waals surface area contributed by atoms with Crippen molar-refractivity contribution in [2.24, 2.45) is 0 Å². The van der Waals surface area contributed by atoms with Crippen LogP contribution in [-0.4, -0.2) is 35.3 Å². The van der Waals surface area contributed by atoms with Gasteiger partial charge in [-0.15, -0.1) is 0 Å². The Morgan fingerprint density at radius 1 is 1.41 bits per heavy atom. The van der Waals surface area contributed by atoms with Gasteiger partial charge in [0.05, 0.1) is 18.0 Å². The first-order chi connectivity index (χ1) is 10.3. The first-order valence-electron chi connectivity index (χ1n) is 7.21. The van der Waals surface area contributed by atoms with Gasteiger partial charge in [0.2, 0.25) is 0 Å². The smallest absolute Gasteiger partial charge is 0.413 e. The quantitative estimate of drug-likeness (QED) is 0.833. The van der Waals surface area contributed by atoms with E-state index in [1.165, 1.54) is 0 Å². The minimum absolute atomic E-state index is 0.304. The number of anilines is 2. The Morgan fingerprint density at radius 2 is 2.14 bits per heavy atom. The molecule has 1 amide bonds. The molecule has 0 bridgehead atoms. The van der Waals surface area contributed by atoms with Crippen LogP contribution in [0.5, 0.6) is 0 Å². The fraction of sp³-hybridized carbons (Fsp3) is 0.533. The van der Waals surface area contributed by atoms with Crippen molar-refractivity contribution in [1.29, 1.82) is 0 Å². The molecule has 120 valence electrons. The zero-order valence-electron chi connectivity index (χ0n) is 13.2. The highest BCUT2D eigenvalue weighted by Gasteiger charge is 2.29. The lowest BCUT2D eigenvalue weighted by Crippen LogP contribution is -2.29. The maximum absolute atomic E-state index is 11.7. The van der Waals surface area contributed by atoms with Crippen LogP contribution in [-0.2, 0) is 20.7 Å². The standard InChI is InChI=1S/C15H21N3O4/c1-5-21-13(19)11-8-10-9(16-11)6-7-12(17-10)18-14(20)22-15(2,3)4/h6-7,11,16H,5,8H2,1-4H3,(H,17,18,20). The van der Waals surface area contributed by atoms with Crippen LogP contribution in [0.25, 0.3) is 0 Å². The van der Waals surface area contributed by atoms with Crippen molar-refractivity contribution in [1.82, 2.24) is 4.98 Å². The number of rotatable bonds is 3. The van der Waals surface area contributed by atoms with E-state index in [4.69, 9.17) is 9.47 Å². The van der Waals surface area contributed by atoms with Crippen LogP contribution in [0.1, 0.15) is 33.4 Å². The minimum atomic E-state index is -0.572. The number of esters is 1. The number of carbonyl (C=O) groups is 2. The number of hydrogen-bond acceptors (Lipinski definition) is 6. The molecule has 0 radical (unpaired) electrons. The van der Waals surface area contributed by atoms with E-state index in [1.807, 2.05) is 0 Å². The summed E-state index contributed by atoms with van der Waals surface area (Å²) < 4.78 is 10.2. The van der Waals surface area contributed by atoms with Crippen molar-refractivity contribution in [3.05, 3.63) is 17.8 Å². The van der Waals surface area contributed by atoms with Crippen molar-refractivity contribution >= 4 is 23.6 Å². The molecule has 1 aliphatic rings. The Bertz CT molecular complexity index is 581. The highest BCUT2D eigenvalue weighted by atomic mass is 16.6. The number of nitrogens with zero attached hydrogens (tertiary/aromatic N) is 1. The summed E-state index contributed by atoms with van der Waals surface area (Å²) in [6.45, 7) is 7.47. The van der Waals surface area contributed by atoms with Gasteiger partial charge in [0.25, 0.3) is 0 Å². The SMILES string of the molecule is CCOC(=O)C1Cc2nc(NC(=O)OC(C)(C)C)ccc2N1. The summed E-state index contributed by atoms with van der Waals surface area (Å²) in [7, 11) is 0. The molecule has 0 spiro atoms. The van der Waals surface area contributed by atoms with Crippen molar-refractivity contribution in [3.63, 3.8) is 0 Å². The third kappa shape index (κ3) is 4.09. The fourth-order valence-electron chi connectivity index (χ4n) is 2.08. The summed E-state index contributed by atoms with van der Waals surface area (Å²) in [6.07, 6.45) is -0.134. The van der Waals surface area contributed by atoms with Crippen molar-refractivity contribution in [3.8, 4) is 0 Å². The number of carbonyl (C=O) groups excluding carboxylic acids is 2. The van der Waals surface area contributed by atoms with E-state index in [0.717, 1.165) is 5.69 Å². The van der Waals surface area contributed by atoms with Gasteiger partial charge in [-0.1, -0.05) is 0 Å². The second kappa shape index (κ2) is 6.21. The topological polar surface area (TPSA) is 89.5 Å². The van der Waals surface area contributed by atoms with Gasteiger partial charge in [-0.3, -0.25) is 5.32 Å². The van der Waals surface area contributed by atoms with Gasteiger partial charge in [-0.25, -0.2) is 14.6 Å². The van der Waals surface area contributed by atoms with E-state index >= 15 is 0 Å². The molecule has 1 aromatic heterocycles. The molecule has 22 heavy (non-hydrogen) atoms. The molecular weight excluding hydrogens is 286 g/mol. The summed E-state index contributed by atoms with van der Waals surface area (Å²) in [6, 6.07) is 3.00.